The van der Waals surface area contributed by atoms with Gasteiger partial charge in [-0.3, -0.25) is 18.6 Å². The number of ether oxygens (including phenoxy) is 1. The number of carbonyl (C=O) groups excluding carboxylic acids is 2. The van der Waals surface area contributed by atoms with E-state index in [1.165, 1.54) is 51.4 Å². The van der Waals surface area contributed by atoms with E-state index in [9.17, 15) is 34.1 Å². The number of nitrogens with one attached hydrogen (secondary N) is 1. The summed E-state index contributed by atoms with van der Waals surface area (Å²) < 4.78 is 26.8. The second-order valence-corrected chi connectivity index (χ2v) is 16.0. The molecule has 0 aromatic heterocycles. The number of carboxylic acid groups (broad SMARTS) is 1. The molecule has 324 valence electrons. The highest BCUT2D eigenvalue weighted by Gasteiger charge is 2.28. The highest BCUT2D eigenvalue weighted by Crippen LogP contribution is 2.43. The Balaban J connectivity index is 3.95. The van der Waals surface area contributed by atoms with E-state index in [1.807, 2.05) is 0 Å². The van der Waals surface area contributed by atoms with E-state index in [-0.39, 0.29) is 12.8 Å². The first-order chi connectivity index (χ1) is 27.1. The third-order valence-corrected chi connectivity index (χ3v) is 10.0. The molecule has 56 heavy (non-hydrogen) atoms. The van der Waals surface area contributed by atoms with Crippen LogP contribution in [-0.2, 0) is 32.7 Å². The Hall–Kier alpha value is -2.56. The van der Waals surface area contributed by atoms with Crippen molar-refractivity contribution in [2.75, 3.05) is 19.8 Å². The van der Waals surface area contributed by atoms with Crippen LogP contribution >= 0.6 is 7.82 Å². The number of unbranched alkanes of at least 4 members (excludes halogenated alkanes) is 18. The zero-order valence-corrected chi connectivity index (χ0v) is 35.8. The number of phosphoric ester groups is 1. The van der Waals surface area contributed by atoms with Crippen molar-refractivity contribution >= 4 is 25.7 Å². The number of hydrogen-bond donors (Lipinski definition) is 4. The minimum absolute atomic E-state index is 0.134. The maximum absolute atomic E-state index is 12.3. The van der Waals surface area contributed by atoms with Crippen LogP contribution in [0.1, 0.15) is 181 Å². The molecule has 0 aliphatic rings. The van der Waals surface area contributed by atoms with Crippen molar-refractivity contribution in [2.24, 2.45) is 0 Å². The van der Waals surface area contributed by atoms with Gasteiger partial charge < -0.3 is 25.2 Å². The number of carbonyl (C=O) groups is 3. The number of esters is 1. The molecule has 0 aromatic rings. The lowest BCUT2D eigenvalue weighted by molar-refractivity contribution is -0.147. The van der Waals surface area contributed by atoms with E-state index in [0.29, 0.717) is 12.8 Å². The molecule has 0 rings (SSSR count). The summed E-state index contributed by atoms with van der Waals surface area (Å²) in [7, 11) is -4.76. The summed E-state index contributed by atoms with van der Waals surface area (Å²) in [6, 6.07) is -1.55. The number of carboxylic acids is 1. The van der Waals surface area contributed by atoms with Gasteiger partial charge in [-0.15, -0.1) is 0 Å². The molecule has 4 N–H and O–H groups in total. The van der Waals surface area contributed by atoms with Crippen LogP contribution in [0.5, 0.6) is 0 Å². The van der Waals surface area contributed by atoms with E-state index in [4.69, 9.17) is 13.8 Å². The molecular formula is C44H78NO10P. The van der Waals surface area contributed by atoms with Crippen LogP contribution in [0, 0.1) is 0 Å². The molecule has 0 aliphatic carbocycles. The number of amides is 1. The van der Waals surface area contributed by atoms with Crippen molar-refractivity contribution in [3.05, 3.63) is 48.6 Å². The maximum Gasteiger partial charge on any atom is 0.472 e. The smallest absolute Gasteiger partial charge is 0.472 e. The van der Waals surface area contributed by atoms with Gasteiger partial charge in [0.2, 0.25) is 5.91 Å². The van der Waals surface area contributed by atoms with Crippen LogP contribution in [0.25, 0.3) is 0 Å². The highest BCUT2D eigenvalue weighted by molar-refractivity contribution is 7.47. The van der Waals surface area contributed by atoms with Crippen LogP contribution in [0.2, 0.25) is 0 Å². The molecule has 0 radical (unpaired) electrons. The number of aliphatic hydroxyl groups excluding tert-OH is 1. The number of allylic oxidation sites excluding steroid dienone is 8. The molecule has 0 spiro atoms. The van der Waals surface area contributed by atoms with Gasteiger partial charge in [-0.1, -0.05) is 140 Å². The average molecular weight is 812 g/mol. The molecule has 0 fully saturated rings. The van der Waals surface area contributed by atoms with Crippen molar-refractivity contribution in [3.63, 3.8) is 0 Å². The predicted octanol–water partition coefficient (Wildman–Crippen LogP) is 11.0. The van der Waals surface area contributed by atoms with Gasteiger partial charge in [0.1, 0.15) is 12.7 Å². The second-order valence-electron chi connectivity index (χ2n) is 14.5. The fourth-order valence-electron chi connectivity index (χ4n) is 5.67. The fraction of sp³-hybridized carbons (Fsp3) is 0.750. The number of aliphatic carboxylic acids is 1. The Morgan fingerprint density at radius 1 is 0.571 bits per heavy atom. The van der Waals surface area contributed by atoms with Crippen molar-refractivity contribution in [2.45, 2.75) is 193 Å². The van der Waals surface area contributed by atoms with Gasteiger partial charge in [-0.2, -0.15) is 0 Å². The quantitative estimate of drug-likeness (QED) is 0.0202. The van der Waals surface area contributed by atoms with Crippen LogP contribution in [0.4, 0.5) is 0 Å². The Labute approximate surface area is 339 Å². The fourth-order valence-corrected chi connectivity index (χ4v) is 6.44. The Kier molecular flexibility index (Phi) is 37.5. The summed E-state index contributed by atoms with van der Waals surface area (Å²) >= 11 is 0. The summed E-state index contributed by atoms with van der Waals surface area (Å²) in [5.41, 5.74) is 0. The van der Waals surface area contributed by atoms with E-state index in [1.54, 1.807) is 0 Å². The molecule has 0 aliphatic heterocycles. The van der Waals surface area contributed by atoms with Crippen molar-refractivity contribution in [1.29, 1.82) is 0 Å². The SMILES string of the molecule is CCCCC/C=C\C/C=C\CCCCCCCCCC(=O)NC(COP(=O)(O)OCC(O)COC(=O)CCCCCCC/C=C\C/C=C\CCCCC)C(=O)O. The topological polar surface area (TPSA) is 169 Å². The minimum Gasteiger partial charge on any atom is -0.480 e. The van der Waals surface area contributed by atoms with Crippen molar-refractivity contribution < 1.29 is 47.8 Å². The van der Waals surface area contributed by atoms with Crippen molar-refractivity contribution in [3.8, 4) is 0 Å². The zero-order chi connectivity index (χ0) is 41.4. The molecule has 0 aromatic carbocycles. The summed E-state index contributed by atoms with van der Waals surface area (Å²) in [6.07, 6.45) is 42.7. The summed E-state index contributed by atoms with van der Waals surface area (Å²) in [5, 5.41) is 21.8. The third-order valence-electron chi connectivity index (χ3n) is 9.09. The van der Waals surface area contributed by atoms with E-state index < -0.39 is 57.6 Å². The lowest BCUT2D eigenvalue weighted by atomic mass is 10.1. The molecular weight excluding hydrogens is 733 g/mol. The average Bonchev–Trinajstić information content (AvgIpc) is 3.17. The van der Waals surface area contributed by atoms with E-state index in [0.717, 1.165) is 89.9 Å². The largest absolute Gasteiger partial charge is 0.480 e. The van der Waals surface area contributed by atoms with Gasteiger partial charge in [0.15, 0.2) is 6.04 Å². The van der Waals surface area contributed by atoms with Crippen LogP contribution in [0.15, 0.2) is 48.6 Å². The standard InChI is InChI=1S/C44H78NO10P/c1-3-5-7-9-11-13-15-17-19-20-22-23-25-27-29-31-33-35-42(47)45-41(44(49)50)39-55-56(51,52)54-38-40(46)37-53-43(48)36-34-32-30-28-26-24-21-18-16-14-12-10-8-6-4-2/h11-14,17-19,21,40-41,46H,3-10,15-16,20,22-39H2,1-2H3,(H,45,47)(H,49,50)(H,51,52)/b13-11-,14-12-,19-17-,21-18-. The van der Waals surface area contributed by atoms with Gasteiger partial charge in [0, 0.05) is 12.8 Å². The molecule has 3 unspecified atom stereocenters. The number of phosphoric acid groups is 1. The lowest BCUT2D eigenvalue weighted by Gasteiger charge is -2.18. The first-order valence-corrected chi connectivity index (χ1v) is 23.2. The first kappa shape index (κ1) is 53.4. The number of hydrogen-bond acceptors (Lipinski definition) is 8. The Morgan fingerprint density at radius 2 is 0.982 bits per heavy atom. The summed E-state index contributed by atoms with van der Waals surface area (Å²) in [6.45, 7) is 2.51. The number of rotatable bonds is 40. The minimum atomic E-state index is -4.76. The molecule has 0 bridgehead atoms. The molecule has 11 nitrogen and oxygen atoms in total. The van der Waals surface area contributed by atoms with Gasteiger partial charge >= 0.3 is 19.8 Å². The molecule has 0 saturated heterocycles. The highest BCUT2D eigenvalue weighted by atomic mass is 31.2. The van der Waals surface area contributed by atoms with Crippen LogP contribution in [0.3, 0.4) is 0 Å². The normalized spacial score (nSPS) is 14.2. The van der Waals surface area contributed by atoms with Gasteiger partial charge in [0.25, 0.3) is 0 Å². The molecule has 0 heterocycles. The van der Waals surface area contributed by atoms with Gasteiger partial charge in [-0.25, -0.2) is 9.36 Å². The number of aliphatic hydroxyl groups is 1. The molecule has 1 amide bonds. The predicted molar refractivity (Wildman–Crippen MR) is 226 cm³/mol. The first-order valence-electron chi connectivity index (χ1n) is 21.7. The second kappa shape index (κ2) is 39.3. The summed E-state index contributed by atoms with van der Waals surface area (Å²) in [5.74, 6) is -2.40. The lowest BCUT2D eigenvalue weighted by Crippen LogP contribution is -2.43. The van der Waals surface area contributed by atoms with Crippen LogP contribution in [-0.4, -0.2) is 64.9 Å². The Morgan fingerprint density at radius 3 is 1.45 bits per heavy atom. The Bertz CT molecular complexity index is 1140. The third kappa shape index (κ3) is 38.3. The molecule has 12 heteroatoms. The van der Waals surface area contributed by atoms with E-state index in [2.05, 4.69) is 67.8 Å². The van der Waals surface area contributed by atoms with Crippen LogP contribution < -0.4 is 5.32 Å². The molecule has 0 saturated carbocycles. The van der Waals surface area contributed by atoms with Gasteiger partial charge in [0.05, 0.1) is 13.2 Å². The zero-order valence-electron chi connectivity index (χ0n) is 34.9. The van der Waals surface area contributed by atoms with Gasteiger partial charge in [-0.05, 0) is 77.0 Å². The maximum atomic E-state index is 12.3. The summed E-state index contributed by atoms with van der Waals surface area (Å²) in [4.78, 5) is 45.9. The molecule has 3 atom stereocenters. The van der Waals surface area contributed by atoms with Crippen molar-refractivity contribution in [1.82, 2.24) is 5.32 Å². The monoisotopic (exact) mass is 812 g/mol. The van der Waals surface area contributed by atoms with E-state index >= 15 is 0 Å².